The van der Waals surface area contributed by atoms with Gasteiger partial charge in [0.2, 0.25) is 5.88 Å². The summed E-state index contributed by atoms with van der Waals surface area (Å²) in [6.45, 7) is 9.73. The molecule has 0 spiro atoms. The normalized spacial score (nSPS) is 15.8. The highest BCUT2D eigenvalue weighted by molar-refractivity contribution is 5.55. The van der Waals surface area contributed by atoms with Crippen LogP contribution in [0.2, 0.25) is 0 Å². The Morgan fingerprint density at radius 3 is 2.55 bits per heavy atom. The van der Waals surface area contributed by atoms with Crippen molar-refractivity contribution in [3.8, 4) is 11.8 Å². The van der Waals surface area contributed by atoms with Crippen molar-refractivity contribution in [2.24, 2.45) is 5.73 Å². The van der Waals surface area contributed by atoms with Gasteiger partial charge < -0.3 is 19.9 Å². The number of pyridine rings is 1. The molecular formula is C23H28N4O2. The third-order valence-electron chi connectivity index (χ3n) is 5.57. The lowest BCUT2D eigenvalue weighted by Crippen LogP contribution is -2.33. The first-order valence-corrected chi connectivity index (χ1v) is 10.1. The average molecular weight is 393 g/mol. The van der Waals surface area contributed by atoms with E-state index in [-0.39, 0.29) is 17.0 Å². The first-order valence-electron chi connectivity index (χ1n) is 10.1. The van der Waals surface area contributed by atoms with Crippen molar-refractivity contribution in [3.05, 3.63) is 75.0 Å². The molecule has 0 saturated carbocycles. The Morgan fingerprint density at radius 1 is 1.24 bits per heavy atom. The van der Waals surface area contributed by atoms with Crippen LogP contribution in [0.5, 0.6) is 5.75 Å². The highest BCUT2D eigenvalue weighted by Gasteiger charge is 2.34. The van der Waals surface area contributed by atoms with Crippen LogP contribution in [0.15, 0.2) is 52.6 Å². The maximum absolute atomic E-state index is 13.5. The molecule has 0 aliphatic carbocycles. The zero-order valence-corrected chi connectivity index (χ0v) is 17.3. The largest absolute Gasteiger partial charge is 0.440 e. The van der Waals surface area contributed by atoms with Crippen molar-refractivity contribution in [2.45, 2.75) is 39.7 Å². The Kier molecular flexibility index (Phi) is 6.40. The predicted octanol–water partition coefficient (Wildman–Crippen LogP) is 3.11. The number of hydrogen-bond donors (Lipinski definition) is 1. The molecule has 6 heteroatoms. The number of rotatable bonds is 7. The van der Waals surface area contributed by atoms with Gasteiger partial charge in [-0.3, -0.25) is 4.79 Å². The van der Waals surface area contributed by atoms with Gasteiger partial charge in [-0.1, -0.05) is 44.2 Å². The van der Waals surface area contributed by atoms with Gasteiger partial charge in [-0.05, 0) is 38.5 Å². The number of hydrogen-bond acceptors (Lipinski definition) is 5. The molecule has 2 aromatic rings. The second-order valence-electron chi connectivity index (χ2n) is 7.24. The summed E-state index contributed by atoms with van der Waals surface area (Å²) in [6.07, 6.45) is 0.876. The van der Waals surface area contributed by atoms with Crippen LogP contribution in [0.3, 0.4) is 0 Å². The maximum atomic E-state index is 13.5. The van der Waals surface area contributed by atoms with Gasteiger partial charge in [0.1, 0.15) is 17.4 Å². The van der Waals surface area contributed by atoms with E-state index in [1.807, 2.05) is 43.3 Å². The lowest BCUT2D eigenvalue weighted by Gasteiger charge is -2.27. The molecule has 2 heterocycles. The van der Waals surface area contributed by atoms with Crippen molar-refractivity contribution < 1.29 is 4.74 Å². The monoisotopic (exact) mass is 392 g/mol. The minimum absolute atomic E-state index is 0.0620. The fourth-order valence-electron chi connectivity index (χ4n) is 3.94. The van der Waals surface area contributed by atoms with Gasteiger partial charge in [0.15, 0.2) is 0 Å². The van der Waals surface area contributed by atoms with E-state index in [1.165, 1.54) is 0 Å². The van der Waals surface area contributed by atoms with Gasteiger partial charge in [0.05, 0.1) is 11.5 Å². The maximum Gasteiger partial charge on any atom is 0.258 e. The molecule has 0 radical (unpaired) electrons. The molecule has 0 amide bonds. The Hall–Kier alpha value is -3.04. The molecule has 1 aliphatic rings. The van der Waals surface area contributed by atoms with Crippen LogP contribution in [0.4, 0.5) is 0 Å². The van der Waals surface area contributed by atoms with E-state index in [4.69, 9.17) is 10.5 Å². The minimum atomic E-state index is -0.521. The number of fused-ring (bicyclic) bond motifs is 1. The van der Waals surface area contributed by atoms with Crippen molar-refractivity contribution in [3.63, 3.8) is 0 Å². The molecule has 152 valence electrons. The topological polar surface area (TPSA) is 84.3 Å². The zero-order chi connectivity index (χ0) is 21.0. The summed E-state index contributed by atoms with van der Waals surface area (Å²) in [5, 5.41) is 9.71. The second-order valence-corrected chi connectivity index (χ2v) is 7.24. The van der Waals surface area contributed by atoms with Crippen LogP contribution < -0.4 is 16.0 Å². The smallest absolute Gasteiger partial charge is 0.258 e. The van der Waals surface area contributed by atoms with Crippen LogP contribution in [0.1, 0.15) is 43.0 Å². The fraction of sp³-hybridized carbons (Fsp3) is 0.391. The van der Waals surface area contributed by atoms with E-state index in [2.05, 4.69) is 24.8 Å². The van der Waals surface area contributed by atoms with Crippen LogP contribution in [-0.2, 0) is 6.54 Å². The van der Waals surface area contributed by atoms with E-state index in [9.17, 15) is 10.1 Å². The molecule has 0 unspecified atom stereocenters. The number of benzene rings is 1. The molecule has 1 aliphatic heterocycles. The number of nitriles is 1. The van der Waals surface area contributed by atoms with E-state index in [0.29, 0.717) is 17.9 Å². The van der Waals surface area contributed by atoms with Crippen molar-refractivity contribution in [1.29, 1.82) is 5.26 Å². The highest BCUT2D eigenvalue weighted by Crippen LogP contribution is 2.40. The molecule has 29 heavy (non-hydrogen) atoms. The zero-order valence-electron chi connectivity index (χ0n) is 17.3. The van der Waals surface area contributed by atoms with Gasteiger partial charge in [0, 0.05) is 18.3 Å². The number of aromatic nitrogens is 1. The summed E-state index contributed by atoms with van der Waals surface area (Å²) in [7, 11) is 0. The number of nitrogens with two attached hydrogens (primary N) is 1. The molecule has 0 bridgehead atoms. The molecule has 2 N–H and O–H groups in total. The number of nitrogens with zero attached hydrogens (tertiary/aromatic N) is 3. The van der Waals surface area contributed by atoms with Gasteiger partial charge in [-0.2, -0.15) is 5.26 Å². The van der Waals surface area contributed by atoms with E-state index in [0.717, 1.165) is 37.3 Å². The summed E-state index contributed by atoms with van der Waals surface area (Å²) < 4.78 is 7.48. The van der Waals surface area contributed by atoms with Gasteiger partial charge in [-0.15, -0.1) is 0 Å². The fourth-order valence-corrected chi connectivity index (χ4v) is 3.94. The van der Waals surface area contributed by atoms with Crippen LogP contribution in [0, 0.1) is 18.3 Å². The molecule has 1 aromatic carbocycles. The van der Waals surface area contributed by atoms with E-state index >= 15 is 0 Å². The molecular weight excluding hydrogens is 364 g/mol. The minimum Gasteiger partial charge on any atom is -0.440 e. The number of aryl methyl sites for hydroxylation is 1. The van der Waals surface area contributed by atoms with Crippen LogP contribution in [-0.4, -0.2) is 29.1 Å². The van der Waals surface area contributed by atoms with Crippen molar-refractivity contribution in [2.75, 3.05) is 19.6 Å². The van der Waals surface area contributed by atoms with Crippen LogP contribution >= 0.6 is 0 Å². The van der Waals surface area contributed by atoms with Crippen LogP contribution in [0.25, 0.3) is 0 Å². The standard InChI is InChI=1S/C23H28N4O2/c1-4-26(5-2)12-9-13-27-16(3)14-19-21(23(27)28)20(17-10-7-6-8-11-17)18(15-24)22(25)29-19/h6-8,10-11,14,20H,4-5,9,12-13,25H2,1-3H3/t20-/m1/s1. The van der Waals surface area contributed by atoms with E-state index < -0.39 is 5.92 Å². The molecule has 3 rings (SSSR count). The first kappa shape index (κ1) is 20.7. The Balaban J connectivity index is 2.05. The predicted molar refractivity (Wildman–Crippen MR) is 114 cm³/mol. The first-order chi connectivity index (χ1) is 14.0. The van der Waals surface area contributed by atoms with Gasteiger partial charge >= 0.3 is 0 Å². The molecule has 1 atom stereocenters. The van der Waals surface area contributed by atoms with Crippen molar-refractivity contribution >= 4 is 0 Å². The van der Waals surface area contributed by atoms with E-state index in [1.54, 1.807) is 4.57 Å². The molecule has 1 aromatic heterocycles. The Labute approximate surface area is 171 Å². The average Bonchev–Trinajstić information content (AvgIpc) is 2.73. The third-order valence-corrected chi connectivity index (χ3v) is 5.57. The quantitative estimate of drug-likeness (QED) is 0.783. The highest BCUT2D eigenvalue weighted by atomic mass is 16.5. The van der Waals surface area contributed by atoms with Crippen molar-refractivity contribution in [1.82, 2.24) is 9.47 Å². The number of allylic oxidation sites excluding steroid dienone is 1. The lowest BCUT2D eigenvalue weighted by atomic mass is 9.84. The number of ether oxygens (including phenoxy) is 1. The Bertz CT molecular complexity index is 998. The molecule has 6 nitrogen and oxygen atoms in total. The second kappa shape index (κ2) is 8.97. The molecule has 0 fully saturated rings. The summed E-state index contributed by atoms with van der Waals surface area (Å²) >= 11 is 0. The summed E-state index contributed by atoms with van der Waals surface area (Å²) in [5.74, 6) is -0.0168. The van der Waals surface area contributed by atoms with Gasteiger partial charge in [-0.25, -0.2) is 0 Å². The lowest BCUT2D eigenvalue weighted by molar-refractivity contribution is 0.292. The Morgan fingerprint density at radius 2 is 1.93 bits per heavy atom. The third kappa shape index (κ3) is 4.06. The van der Waals surface area contributed by atoms with Gasteiger partial charge in [0.25, 0.3) is 5.56 Å². The SMILES string of the molecule is CCN(CC)CCCn1c(C)cc2c(c1=O)[C@H](c1ccccc1)C(C#N)=C(N)O2. The summed E-state index contributed by atoms with van der Waals surface area (Å²) in [6, 6.07) is 13.5. The molecule has 0 saturated heterocycles. The summed E-state index contributed by atoms with van der Waals surface area (Å²) in [4.78, 5) is 15.8. The summed E-state index contributed by atoms with van der Waals surface area (Å²) in [5.41, 5.74) is 8.36.